The standard InChI is InChI=1S/C14H8F2NO2S/c1-7-4-9-10(2-3-11(18)13(9)16)17(7)14(19)8-5-12(15)20-6-8/h2-3,5-6,18H,1H3. The molecule has 2 aromatic heterocycles. The van der Waals surface area contributed by atoms with Crippen molar-refractivity contribution in [1.82, 2.24) is 4.57 Å². The Balaban J connectivity index is 2.24. The number of aromatic nitrogens is 1. The summed E-state index contributed by atoms with van der Waals surface area (Å²) >= 11 is 0.822. The monoisotopic (exact) mass is 292 g/mol. The summed E-state index contributed by atoms with van der Waals surface area (Å²) in [6, 6.07) is 6.44. The molecule has 3 nitrogen and oxygen atoms in total. The summed E-state index contributed by atoms with van der Waals surface area (Å²) in [6.07, 6.45) is 0. The van der Waals surface area contributed by atoms with E-state index in [1.165, 1.54) is 22.1 Å². The highest BCUT2D eigenvalue weighted by Gasteiger charge is 2.19. The lowest BCUT2D eigenvalue weighted by Crippen LogP contribution is -2.12. The van der Waals surface area contributed by atoms with Gasteiger partial charge in [0.25, 0.3) is 5.91 Å². The average molecular weight is 292 g/mol. The van der Waals surface area contributed by atoms with Crippen LogP contribution < -0.4 is 0 Å². The maximum Gasteiger partial charge on any atom is 0.263 e. The van der Waals surface area contributed by atoms with E-state index >= 15 is 0 Å². The average Bonchev–Trinajstić information content (AvgIpc) is 2.97. The Kier molecular flexibility index (Phi) is 2.83. The maximum absolute atomic E-state index is 13.8. The highest BCUT2D eigenvalue weighted by molar-refractivity contribution is 7.08. The zero-order valence-corrected chi connectivity index (χ0v) is 11.1. The van der Waals surface area contributed by atoms with Crippen molar-refractivity contribution >= 4 is 28.1 Å². The summed E-state index contributed by atoms with van der Waals surface area (Å²) in [6.45, 7) is 1.59. The molecule has 0 spiro atoms. The quantitative estimate of drug-likeness (QED) is 0.746. The summed E-state index contributed by atoms with van der Waals surface area (Å²) in [5.74, 6) is -1.78. The minimum absolute atomic E-state index is 0.0338. The Labute approximate surface area is 116 Å². The highest BCUT2D eigenvalue weighted by Crippen LogP contribution is 2.28. The van der Waals surface area contributed by atoms with Gasteiger partial charge in [0.1, 0.15) is 0 Å². The van der Waals surface area contributed by atoms with Gasteiger partial charge < -0.3 is 5.11 Å². The molecule has 0 aliphatic rings. The van der Waals surface area contributed by atoms with E-state index in [4.69, 9.17) is 0 Å². The van der Waals surface area contributed by atoms with Crippen LogP contribution in [-0.2, 0) is 0 Å². The molecular weight excluding hydrogens is 284 g/mol. The first-order chi connectivity index (χ1) is 9.49. The predicted octanol–water partition coefficient (Wildman–Crippen LogP) is 3.48. The van der Waals surface area contributed by atoms with Gasteiger partial charge in [-0.15, -0.1) is 11.3 Å². The Hall–Kier alpha value is -2.21. The summed E-state index contributed by atoms with van der Waals surface area (Å²) in [5, 5.41) is 10.3. The van der Waals surface area contributed by atoms with Gasteiger partial charge in [-0.25, -0.2) is 4.39 Å². The first-order valence-electron chi connectivity index (χ1n) is 5.69. The largest absolute Gasteiger partial charge is 0.505 e. The van der Waals surface area contributed by atoms with Gasteiger partial charge in [-0.3, -0.25) is 9.36 Å². The predicted molar refractivity (Wildman–Crippen MR) is 71.1 cm³/mol. The molecule has 0 aliphatic carbocycles. The SMILES string of the molecule is Cc1[c]c2c(F)c(O)ccc2n1C(=O)c1csc(F)c1. The number of phenolic OH excluding ortho intramolecular Hbond substituents is 1. The van der Waals surface area contributed by atoms with Crippen molar-refractivity contribution in [2.45, 2.75) is 6.92 Å². The first kappa shape index (κ1) is 12.8. The van der Waals surface area contributed by atoms with Crippen LogP contribution >= 0.6 is 11.3 Å². The van der Waals surface area contributed by atoms with E-state index in [0.717, 1.165) is 17.4 Å². The van der Waals surface area contributed by atoms with Gasteiger partial charge in [0.15, 0.2) is 16.7 Å². The van der Waals surface area contributed by atoms with Gasteiger partial charge in [-0.05, 0) is 25.1 Å². The lowest BCUT2D eigenvalue weighted by Gasteiger charge is -2.05. The lowest BCUT2D eigenvalue weighted by molar-refractivity contribution is 0.0963. The molecule has 0 amide bonds. The molecule has 3 rings (SSSR count). The number of aryl methyl sites for hydroxylation is 1. The van der Waals surface area contributed by atoms with E-state index in [1.54, 1.807) is 6.92 Å². The van der Waals surface area contributed by atoms with Crippen molar-refractivity contribution in [1.29, 1.82) is 0 Å². The lowest BCUT2D eigenvalue weighted by atomic mass is 10.2. The third-order valence-corrected chi connectivity index (χ3v) is 3.71. The number of halogens is 2. The van der Waals surface area contributed by atoms with Crippen LogP contribution in [0.3, 0.4) is 0 Å². The van der Waals surface area contributed by atoms with E-state index in [-0.39, 0.29) is 16.5 Å². The van der Waals surface area contributed by atoms with E-state index in [2.05, 4.69) is 6.07 Å². The third-order valence-electron chi connectivity index (χ3n) is 3.00. The van der Waals surface area contributed by atoms with Crippen LogP contribution in [0, 0.1) is 23.9 Å². The summed E-state index contributed by atoms with van der Waals surface area (Å²) in [7, 11) is 0. The highest BCUT2D eigenvalue weighted by atomic mass is 32.1. The van der Waals surface area contributed by atoms with Crippen LogP contribution in [0.1, 0.15) is 16.1 Å². The van der Waals surface area contributed by atoms with E-state index in [9.17, 15) is 18.7 Å². The summed E-state index contributed by atoms with van der Waals surface area (Å²) < 4.78 is 28.1. The minimum atomic E-state index is -0.825. The number of carbonyl (C=O) groups excluding carboxylic acids is 1. The molecule has 0 unspecified atom stereocenters. The number of thiophene rings is 1. The molecule has 3 aromatic rings. The minimum Gasteiger partial charge on any atom is -0.505 e. The molecule has 1 N–H and O–H groups in total. The Morgan fingerprint density at radius 1 is 1.40 bits per heavy atom. The Bertz CT molecular complexity index is 835. The smallest absolute Gasteiger partial charge is 0.263 e. The first-order valence-corrected chi connectivity index (χ1v) is 6.57. The molecule has 6 heteroatoms. The van der Waals surface area contributed by atoms with E-state index < -0.39 is 22.6 Å². The van der Waals surface area contributed by atoms with Crippen molar-refractivity contribution in [3.05, 3.63) is 51.9 Å². The number of hydrogen-bond donors (Lipinski definition) is 1. The summed E-state index contributed by atoms with van der Waals surface area (Å²) in [5.41, 5.74) is 0.866. The molecule has 0 bridgehead atoms. The fraction of sp³-hybridized carbons (Fsp3) is 0.0714. The normalized spacial score (nSPS) is 11.2. The number of hydrogen-bond acceptors (Lipinski definition) is 3. The van der Waals surface area contributed by atoms with Crippen LogP contribution in [0.4, 0.5) is 8.78 Å². The number of aromatic hydroxyl groups is 1. The molecule has 1 radical (unpaired) electrons. The van der Waals surface area contributed by atoms with Crippen LogP contribution in [0.5, 0.6) is 5.75 Å². The molecule has 0 fully saturated rings. The fourth-order valence-electron chi connectivity index (χ4n) is 2.09. The van der Waals surface area contributed by atoms with Gasteiger partial charge in [-0.1, -0.05) is 0 Å². The van der Waals surface area contributed by atoms with Gasteiger partial charge >= 0.3 is 0 Å². The van der Waals surface area contributed by atoms with Crippen molar-refractivity contribution in [3.8, 4) is 5.75 Å². The molecule has 2 heterocycles. The van der Waals surface area contributed by atoms with Crippen LogP contribution in [0.15, 0.2) is 23.6 Å². The second kappa shape index (κ2) is 4.42. The maximum atomic E-state index is 13.8. The summed E-state index contributed by atoms with van der Waals surface area (Å²) in [4.78, 5) is 12.3. The Morgan fingerprint density at radius 2 is 2.15 bits per heavy atom. The molecule has 101 valence electrons. The number of fused-ring (bicyclic) bond motifs is 1. The van der Waals surface area contributed by atoms with Crippen LogP contribution in [-0.4, -0.2) is 15.6 Å². The van der Waals surface area contributed by atoms with E-state index in [0.29, 0.717) is 5.69 Å². The number of rotatable bonds is 1. The molecule has 1 aromatic carbocycles. The number of benzene rings is 1. The zero-order valence-electron chi connectivity index (χ0n) is 10.3. The van der Waals surface area contributed by atoms with Gasteiger partial charge in [0, 0.05) is 22.5 Å². The van der Waals surface area contributed by atoms with Crippen molar-refractivity contribution in [2.24, 2.45) is 0 Å². The van der Waals surface area contributed by atoms with Gasteiger partial charge in [-0.2, -0.15) is 4.39 Å². The molecule has 0 atom stereocenters. The third kappa shape index (κ3) is 1.80. The number of carbonyl (C=O) groups is 1. The second-order valence-corrected chi connectivity index (χ2v) is 5.14. The van der Waals surface area contributed by atoms with Crippen LogP contribution in [0.2, 0.25) is 0 Å². The zero-order chi connectivity index (χ0) is 14.4. The van der Waals surface area contributed by atoms with Crippen LogP contribution in [0.25, 0.3) is 10.9 Å². The number of phenols is 1. The number of nitrogens with zero attached hydrogens (tertiary/aromatic N) is 1. The molecule has 0 saturated carbocycles. The molecule has 0 saturated heterocycles. The van der Waals surface area contributed by atoms with Gasteiger partial charge in [0.05, 0.1) is 11.1 Å². The topological polar surface area (TPSA) is 42.2 Å². The van der Waals surface area contributed by atoms with Crippen molar-refractivity contribution < 1.29 is 18.7 Å². The Morgan fingerprint density at radius 3 is 2.80 bits per heavy atom. The van der Waals surface area contributed by atoms with Crippen molar-refractivity contribution in [3.63, 3.8) is 0 Å². The molecule has 0 aliphatic heterocycles. The second-order valence-electron chi connectivity index (χ2n) is 4.28. The molecule has 20 heavy (non-hydrogen) atoms. The van der Waals surface area contributed by atoms with E-state index in [1.807, 2.05) is 0 Å². The van der Waals surface area contributed by atoms with Crippen molar-refractivity contribution in [2.75, 3.05) is 0 Å². The van der Waals surface area contributed by atoms with Gasteiger partial charge in [0.2, 0.25) is 0 Å². The molecular formula is C14H8F2NO2S. The fourth-order valence-corrected chi connectivity index (χ4v) is 2.69.